The molecule has 1 aromatic rings. The zero-order chi connectivity index (χ0) is 17.5. The van der Waals surface area contributed by atoms with Gasteiger partial charge in [-0.2, -0.15) is 0 Å². The Morgan fingerprint density at radius 1 is 1.20 bits per heavy atom. The Bertz CT molecular complexity index is 488. The number of rotatable bonds is 8. The van der Waals surface area contributed by atoms with Crippen molar-refractivity contribution in [2.75, 3.05) is 27.2 Å². The molecule has 0 aliphatic carbocycles. The second-order valence-electron chi connectivity index (χ2n) is 7.21. The summed E-state index contributed by atoms with van der Waals surface area (Å²) in [6.45, 7) is 8.06. The SMILES string of the molecule is CN(C)CCCOc1ccc(CNC(=O)[C@@H](N)C(C)(C)C)cc1.Cl.Cl. The predicted molar refractivity (Wildman–Crippen MR) is 109 cm³/mol. The number of hydrogen-bond donors (Lipinski definition) is 2. The summed E-state index contributed by atoms with van der Waals surface area (Å²) in [4.78, 5) is 14.1. The van der Waals surface area contributed by atoms with E-state index in [4.69, 9.17) is 10.5 Å². The van der Waals surface area contributed by atoms with Crippen LogP contribution in [-0.2, 0) is 11.3 Å². The van der Waals surface area contributed by atoms with Crippen LogP contribution in [-0.4, -0.2) is 44.1 Å². The summed E-state index contributed by atoms with van der Waals surface area (Å²) >= 11 is 0. The summed E-state index contributed by atoms with van der Waals surface area (Å²) < 4.78 is 5.69. The molecular weight excluding hydrogens is 361 g/mol. The van der Waals surface area contributed by atoms with E-state index in [2.05, 4.69) is 24.3 Å². The van der Waals surface area contributed by atoms with Gasteiger partial charge in [-0.15, -0.1) is 24.8 Å². The molecule has 5 nitrogen and oxygen atoms in total. The van der Waals surface area contributed by atoms with Crippen LogP contribution in [0.25, 0.3) is 0 Å². The smallest absolute Gasteiger partial charge is 0.237 e. The van der Waals surface area contributed by atoms with Crippen LogP contribution in [0.3, 0.4) is 0 Å². The second-order valence-corrected chi connectivity index (χ2v) is 7.21. The van der Waals surface area contributed by atoms with E-state index in [0.29, 0.717) is 13.2 Å². The van der Waals surface area contributed by atoms with Crippen LogP contribution in [0.2, 0.25) is 0 Å². The highest BCUT2D eigenvalue weighted by Crippen LogP contribution is 2.17. The van der Waals surface area contributed by atoms with Gasteiger partial charge in [-0.25, -0.2) is 0 Å². The van der Waals surface area contributed by atoms with Crippen molar-refractivity contribution in [1.29, 1.82) is 0 Å². The lowest BCUT2D eigenvalue weighted by Crippen LogP contribution is -2.48. The van der Waals surface area contributed by atoms with E-state index >= 15 is 0 Å². The van der Waals surface area contributed by atoms with Gasteiger partial charge in [0.15, 0.2) is 0 Å². The second kappa shape index (κ2) is 12.4. The molecule has 3 N–H and O–H groups in total. The van der Waals surface area contributed by atoms with E-state index in [1.165, 1.54) is 0 Å². The van der Waals surface area contributed by atoms with Crippen molar-refractivity contribution in [3.05, 3.63) is 29.8 Å². The van der Waals surface area contributed by atoms with Gasteiger partial charge in [-0.1, -0.05) is 32.9 Å². The zero-order valence-corrected chi connectivity index (χ0v) is 17.5. The molecule has 0 fully saturated rings. The Hall–Kier alpha value is -1.01. The molecule has 1 atom stereocenters. The van der Waals surface area contributed by atoms with E-state index in [1.54, 1.807) is 0 Å². The third kappa shape index (κ3) is 10.5. The van der Waals surface area contributed by atoms with Crippen LogP contribution < -0.4 is 15.8 Å². The number of hydrogen-bond acceptors (Lipinski definition) is 4. The third-order valence-corrected chi connectivity index (χ3v) is 3.62. The highest BCUT2D eigenvalue weighted by molar-refractivity contribution is 5.85. The summed E-state index contributed by atoms with van der Waals surface area (Å²) in [6, 6.07) is 7.28. The Morgan fingerprint density at radius 2 is 1.76 bits per heavy atom. The van der Waals surface area contributed by atoms with Crippen LogP contribution in [0.5, 0.6) is 5.75 Å². The molecule has 0 radical (unpaired) electrons. The van der Waals surface area contributed by atoms with E-state index < -0.39 is 6.04 Å². The van der Waals surface area contributed by atoms with Gasteiger partial charge in [0.25, 0.3) is 0 Å². The van der Waals surface area contributed by atoms with Gasteiger partial charge in [-0.3, -0.25) is 4.79 Å². The van der Waals surface area contributed by atoms with Crippen molar-refractivity contribution in [1.82, 2.24) is 10.2 Å². The van der Waals surface area contributed by atoms with Gasteiger partial charge in [-0.05, 0) is 43.6 Å². The molecule has 0 heterocycles. The normalized spacial score (nSPS) is 12.0. The lowest BCUT2D eigenvalue weighted by atomic mass is 9.87. The molecule has 1 amide bonds. The van der Waals surface area contributed by atoms with Crippen LogP contribution in [0.15, 0.2) is 24.3 Å². The topological polar surface area (TPSA) is 67.6 Å². The number of amides is 1. The lowest BCUT2D eigenvalue weighted by Gasteiger charge is -2.25. The minimum absolute atomic E-state index is 0. The predicted octanol–water partition coefficient (Wildman–Crippen LogP) is 2.85. The van der Waals surface area contributed by atoms with E-state index in [9.17, 15) is 4.79 Å². The number of halogens is 2. The summed E-state index contributed by atoms with van der Waals surface area (Å²) in [6.07, 6.45) is 0.996. The molecule has 1 rings (SSSR count). The molecule has 7 heteroatoms. The van der Waals surface area contributed by atoms with Crippen LogP contribution in [0.1, 0.15) is 32.8 Å². The maximum atomic E-state index is 12.0. The molecule has 0 saturated carbocycles. The van der Waals surface area contributed by atoms with Crippen LogP contribution in [0.4, 0.5) is 0 Å². The summed E-state index contributed by atoms with van der Waals surface area (Å²) in [7, 11) is 4.10. The van der Waals surface area contributed by atoms with Gasteiger partial charge in [0, 0.05) is 13.1 Å². The average Bonchev–Trinajstić information content (AvgIpc) is 2.48. The fourth-order valence-corrected chi connectivity index (χ4v) is 1.97. The van der Waals surface area contributed by atoms with Crippen molar-refractivity contribution >= 4 is 30.7 Å². The number of ether oxygens (including phenoxy) is 1. The van der Waals surface area contributed by atoms with Crippen molar-refractivity contribution in [3.8, 4) is 5.75 Å². The first-order chi connectivity index (χ1) is 10.7. The number of carbonyl (C=O) groups is 1. The van der Waals surface area contributed by atoms with Gasteiger partial charge in [0.2, 0.25) is 5.91 Å². The fourth-order valence-electron chi connectivity index (χ4n) is 1.97. The molecule has 0 aliphatic rings. The Morgan fingerprint density at radius 3 is 2.24 bits per heavy atom. The quantitative estimate of drug-likeness (QED) is 0.666. The Labute approximate surface area is 164 Å². The molecule has 0 bridgehead atoms. The van der Waals surface area contributed by atoms with Crippen LogP contribution >= 0.6 is 24.8 Å². The van der Waals surface area contributed by atoms with E-state index in [1.807, 2.05) is 45.0 Å². The maximum Gasteiger partial charge on any atom is 0.237 e. The van der Waals surface area contributed by atoms with Crippen molar-refractivity contribution in [2.24, 2.45) is 11.1 Å². The van der Waals surface area contributed by atoms with Gasteiger partial charge >= 0.3 is 0 Å². The minimum Gasteiger partial charge on any atom is -0.494 e. The monoisotopic (exact) mass is 393 g/mol. The van der Waals surface area contributed by atoms with Crippen molar-refractivity contribution < 1.29 is 9.53 Å². The highest BCUT2D eigenvalue weighted by atomic mass is 35.5. The first kappa shape index (κ1) is 26.2. The largest absolute Gasteiger partial charge is 0.494 e. The number of benzene rings is 1. The first-order valence-electron chi connectivity index (χ1n) is 8.10. The summed E-state index contributed by atoms with van der Waals surface area (Å²) in [5, 5.41) is 2.88. The minimum atomic E-state index is -0.512. The van der Waals surface area contributed by atoms with Crippen molar-refractivity contribution in [3.63, 3.8) is 0 Å². The van der Waals surface area contributed by atoms with E-state index in [0.717, 1.165) is 24.3 Å². The average molecular weight is 394 g/mol. The number of carbonyl (C=O) groups excluding carboxylic acids is 1. The summed E-state index contributed by atoms with van der Waals surface area (Å²) in [5.74, 6) is 0.728. The molecule has 0 saturated heterocycles. The van der Waals surface area contributed by atoms with E-state index in [-0.39, 0.29) is 36.1 Å². The molecule has 0 aromatic heterocycles. The van der Waals surface area contributed by atoms with Crippen LogP contribution in [0, 0.1) is 5.41 Å². The molecule has 146 valence electrons. The standard InChI is InChI=1S/C18H31N3O2.2ClH/c1-18(2,3)16(19)17(22)20-13-14-7-9-15(10-8-14)23-12-6-11-21(4)5;;/h7-10,16H,6,11-13,19H2,1-5H3,(H,20,22);2*1H/t16-;;/m1../s1. The highest BCUT2D eigenvalue weighted by Gasteiger charge is 2.26. The fraction of sp³-hybridized carbons (Fsp3) is 0.611. The summed E-state index contributed by atoms with van der Waals surface area (Å²) in [5.41, 5.74) is 6.72. The zero-order valence-electron chi connectivity index (χ0n) is 15.9. The first-order valence-corrected chi connectivity index (χ1v) is 8.10. The molecule has 1 aromatic carbocycles. The number of nitrogens with two attached hydrogens (primary N) is 1. The molecule has 25 heavy (non-hydrogen) atoms. The molecule has 0 unspecified atom stereocenters. The molecule has 0 spiro atoms. The van der Waals surface area contributed by atoms with Gasteiger partial charge in [0.1, 0.15) is 5.75 Å². The Kier molecular flexibility index (Phi) is 13.0. The van der Waals surface area contributed by atoms with Gasteiger partial charge < -0.3 is 20.7 Å². The van der Waals surface area contributed by atoms with Crippen molar-refractivity contribution in [2.45, 2.75) is 39.8 Å². The molecule has 0 aliphatic heterocycles. The Balaban J connectivity index is 0. The molecular formula is C18H33Cl2N3O2. The number of nitrogens with one attached hydrogen (secondary N) is 1. The van der Waals surface area contributed by atoms with Gasteiger partial charge in [0.05, 0.1) is 12.6 Å². The number of nitrogens with zero attached hydrogens (tertiary/aromatic N) is 1. The maximum absolute atomic E-state index is 12.0. The third-order valence-electron chi connectivity index (χ3n) is 3.62. The lowest BCUT2D eigenvalue weighted by molar-refractivity contribution is -0.124.